The average Bonchev–Trinajstić information content (AvgIpc) is 2.28. The summed E-state index contributed by atoms with van der Waals surface area (Å²) >= 11 is 0. The van der Waals surface area contributed by atoms with E-state index in [2.05, 4.69) is 5.32 Å². The van der Waals surface area contributed by atoms with E-state index in [4.69, 9.17) is 9.84 Å². The molecule has 0 aliphatic rings. The maximum Gasteiger partial charge on any atom is 0.407 e. The van der Waals surface area contributed by atoms with E-state index in [9.17, 15) is 4.79 Å². The Morgan fingerprint density at radius 3 is 2.75 bits per heavy atom. The van der Waals surface area contributed by atoms with Crippen molar-refractivity contribution >= 4 is 6.09 Å². The van der Waals surface area contributed by atoms with Crippen molar-refractivity contribution in [3.63, 3.8) is 0 Å². The minimum atomic E-state index is -0.454. The van der Waals surface area contributed by atoms with Crippen LogP contribution in [0.3, 0.4) is 0 Å². The lowest BCUT2D eigenvalue weighted by Gasteiger charge is -2.12. The number of aliphatic hydroxyl groups excluding tert-OH is 1. The molecule has 0 bridgehead atoms. The summed E-state index contributed by atoms with van der Waals surface area (Å²) in [7, 11) is 0. The van der Waals surface area contributed by atoms with Crippen LogP contribution >= 0.6 is 0 Å². The van der Waals surface area contributed by atoms with Crippen LogP contribution in [0.15, 0.2) is 30.3 Å². The van der Waals surface area contributed by atoms with Gasteiger partial charge in [0.1, 0.15) is 6.61 Å². The maximum absolute atomic E-state index is 11.3. The molecule has 1 aromatic carbocycles. The molecule has 1 atom stereocenters. The molecule has 0 saturated carbocycles. The summed E-state index contributed by atoms with van der Waals surface area (Å²) in [6.07, 6.45) is 0.0743. The van der Waals surface area contributed by atoms with Crippen LogP contribution in [0.1, 0.15) is 18.9 Å². The molecule has 16 heavy (non-hydrogen) atoms. The first-order valence-corrected chi connectivity index (χ1v) is 5.30. The van der Waals surface area contributed by atoms with E-state index in [1.807, 2.05) is 37.3 Å². The van der Waals surface area contributed by atoms with Gasteiger partial charge in [-0.25, -0.2) is 4.79 Å². The summed E-state index contributed by atoms with van der Waals surface area (Å²) in [5.41, 5.74) is 0.951. The van der Waals surface area contributed by atoms with Crippen LogP contribution in [0, 0.1) is 0 Å². The molecule has 0 spiro atoms. The Morgan fingerprint density at radius 1 is 1.44 bits per heavy atom. The summed E-state index contributed by atoms with van der Waals surface area (Å²) in [5, 5.41) is 11.3. The number of ether oxygens (including phenoxy) is 1. The van der Waals surface area contributed by atoms with Gasteiger partial charge in [-0.1, -0.05) is 30.3 Å². The lowest BCUT2D eigenvalue weighted by molar-refractivity contribution is 0.134. The molecule has 0 aliphatic carbocycles. The van der Waals surface area contributed by atoms with Gasteiger partial charge in [-0.15, -0.1) is 0 Å². The van der Waals surface area contributed by atoms with Crippen LogP contribution in [-0.4, -0.2) is 23.8 Å². The third-order valence-electron chi connectivity index (χ3n) is 2.14. The van der Waals surface area contributed by atoms with Crippen LogP contribution < -0.4 is 5.32 Å². The number of aliphatic hydroxyl groups is 1. The highest BCUT2D eigenvalue weighted by atomic mass is 16.5. The highest BCUT2D eigenvalue weighted by molar-refractivity contribution is 5.67. The molecule has 0 heterocycles. The third-order valence-corrected chi connectivity index (χ3v) is 2.14. The highest BCUT2D eigenvalue weighted by Gasteiger charge is 2.07. The van der Waals surface area contributed by atoms with E-state index < -0.39 is 6.09 Å². The minimum Gasteiger partial charge on any atom is -0.445 e. The molecule has 0 saturated heterocycles. The van der Waals surface area contributed by atoms with Crippen LogP contribution in [0.4, 0.5) is 4.79 Å². The molecule has 0 fully saturated rings. The van der Waals surface area contributed by atoms with Crippen molar-refractivity contribution in [3.8, 4) is 0 Å². The zero-order valence-electron chi connectivity index (χ0n) is 9.35. The molecule has 4 heteroatoms. The number of hydrogen-bond acceptors (Lipinski definition) is 3. The number of hydrogen-bond donors (Lipinski definition) is 2. The van der Waals surface area contributed by atoms with Crippen molar-refractivity contribution in [1.29, 1.82) is 0 Å². The maximum atomic E-state index is 11.3. The van der Waals surface area contributed by atoms with E-state index in [0.717, 1.165) is 5.56 Å². The van der Waals surface area contributed by atoms with Crippen molar-refractivity contribution < 1.29 is 14.6 Å². The second-order valence-corrected chi connectivity index (χ2v) is 3.62. The molecule has 0 radical (unpaired) electrons. The summed E-state index contributed by atoms with van der Waals surface area (Å²) in [6.45, 7) is 2.14. The van der Waals surface area contributed by atoms with Crippen LogP contribution in [0.5, 0.6) is 0 Å². The fraction of sp³-hybridized carbons (Fsp3) is 0.417. The second kappa shape index (κ2) is 6.85. The Bertz CT molecular complexity index is 313. The summed E-state index contributed by atoms with van der Waals surface area (Å²) in [6, 6.07) is 9.41. The molecule has 2 N–H and O–H groups in total. The number of alkyl carbamates (subject to hydrolysis) is 1. The first-order valence-electron chi connectivity index (χ1n) is 5.30. The lowest BCUT2D eigenvalue weighted by atomic mass is 10.2. The van der Waals surface area contributed by atoms with Crippen molar-refractivity contribution in [2.45, 2.75) is 26.0 Å². The molecule has 1 amide bonds. The van der Waals surface area contributed by atoms with E-state index in [1.165, 1.54) is 0 Å². The summed E-state index contributed by atoms with van der Waals surface area (Å²) in [5.74, 6) is 0. The number of benzene rings is 1. The SMILES string of the molecule is C[C@@H](CCO)NC(=O)OCc1ccccc1. The Labute approximate surface area is 95.2 Å². The molecule has 4 nitrogen and oxygen atoms in total. The molecule has 88 valence electrons. The van der Waals surface area contributed by atoms with Gasteiger partial charge in [0.05, 0.1) is 0 Å². The topological polar surface area (TPSA) is 58.6 Å². The van der Waals surface area contributed by atoms with Gasteiger partial charge < -0.3 is 15.2 Å². The number of amides is 1. The molecular weight excluding hydrogens is 206 g/mol. The van der Waals surface area contributed by atoms with Gasteiger partial charge in [-0.3, -0.25) is 0 Å². The number of rotatable bonds is 5. The second-order valence-electron chi connectivity index (χ2n) is 3.62. The van der Waals surface area contributed by atoms with Gasteiger partial charge in [-0.05, 0) is 18.9 Å². The normalized spacial score (nSPS) is 11.9. The van der Waals surface area contributed by atoms with Crippen molar-refractivity contribution in [2.75, 3.05) is 6.61 Å². The predicted octanol–water partition coefficient (Wildman–Crippen LogP) is 1.68. The smallest absolute Gasteiger partial charge is 0.407 e. The van der Waals surface area contributed by atoms with E-state index in [0.29, 0.717) is 6.42 Å². The number of nitrogens with one attached hydrogen (secondary N) is 1. The molecular formula is C12H17NO3. The van der Waals surface area contributed by atoms with E-state index in [-0.39, 0.29) is 19.3 Å². The van der Waals surface area contributed by atoms with Crippen molar-refractivity contribution in [3.05, 3.63) is 35.9 Å². The van der Waals surface area contributed by atoms with Gasteiger partial charge in [0.25, 0.3) is 0 Å². The average molecular weight is 223 g/mol. The standard InChI is InChI=1S/C12H17NO3/c1-10(7-8-14)13-12(15)16-9-11-5-3-2-4-6-11/h2-6,10,14H,7-9H2,1H3,(H,13,15)/t10-/m0/s1. The molecule has 0 unspecified atom stereocenters. The van der Waals surface area contributed by atoms with E-state index >= 15 is 0 Å². The third kappa shape index (κ3) is 4.79. The first kappa shape index (κ1) is 12.5. The van der Waals surface area contributed by atoms with Gasteiger partial charge in [0.15, 0.2) is 0 Å². The highest BCUT2D eigenvalue weighted by Crippen LogP contribution is 2.00. The van der Waals surface area contributed by atoms with Crippen LogP contribution in [0.25, 0.3) is 0 Å². The van der Waals surface area contributed by atoms with Crippen LogP contribution in [0.2, 0.25) is 0 Å². The van der Waals surface area contributed by atoms with Crippen LogP contribution in [-0.2, 0) is 11.3 Å². The molecule has 1 aromatic rings. The summed E-state index contributed by atoms with van der Waals surface area (Å²) in [4.78, 5) is 11.3. The minimum absolute atomic E-state index is 0.0557. The zero-order valence-corrected chi connectivity index (χ0v) is 9.35. The van der Waals surface area contributed by atoms with Gasteiger partial charge >= 0.3 is 6.09 Å². The van der Waals surface area contributed by atoms with Gasteiger partial charge in [-0.2, -0.15) is 0 Å². The Kier molecular flexibility index (Phi) is 5.36. The molecule has 0 aliphatic heterocycles. The van der Waals surface area contributed by atoms with Gasteiger partial charge in [0, 0.05) is 12.6 Å². The number of carbonyl (C=O) groups is 1. The Morgan fingerprint density at radius 2 is 2.12 bits per heavy atom. The monoisotopic (exact) mass is 223 g/mol. The zero-order chi connectivity index (χ0) is 11.8. The fourth-order valence-corrected chi connectivity index (χ4v) is 1.23. The fourth-order valence-electron chi connectivity index (χ4n) is 1.23. The van der Waals surface area contributed by atoms with Crippen molar-refractivity contribution in [1.82, 2.24) is 5.32 Å². The molecule has 1 rings (SSSR count). The largest absolute Gasteiger partial charge is 0.445 e. The molecule has 0 aromatic heterocycles. The summed E-state index contributed by atoms with van der Waals surface area (Å²) < 4.78 is 5.01. The quantitative estimate of drug-likeness (QED) is 0.798. The van der Waals surface area contributed by atoms with E-state index in [1.54, 1.807) is 0 Å². The van der Waals surface area contributed by atoms with Crippen molar-refractivity contribution in [2.24, 2.45) is 0 Å². The van der Waals surface area contributed by atoms with Gasteiger partial charge in [0.2, 0.25) is 0 Å². The lowest BCUT2D eigenvalue weighted by Crippen LogP contribution is -2.33. The Balaban J connectivity index is 2.25. The first-order chi connectivity index (χ1) is 7.72. The number of carbonyl (C=O) groups excluding carboxylic acids is 1. The predicted molar refractivity (Wildman–Crippen MR) is 60.9 cm³/mol. The Hall–Kier alpha value is -1.55.